The zero-order valence-corrected chi connectivity index (χ0v) is 11.5. The van der Waals surface area contributed by atoms with Gasteiger partial charge in [-0.25, -0.2) is 0 Å². The molecular weight excluding hydrogens is 256 g/mol. The molecule has 0 aliphatic carbocycles. The summed E-state index contributed by atoms with van der Waals surface area (Å²) < 4.78 is 0. The molecular formula is C15H18N2O3. The molecule has 5 heteroatoms. The summed E-state index contributed by atoms with van der Waals surface area (Å²) in [4.78, 5) is 25.8. The SMILES string of the molecule is CC(C)C(CNc1cc2ccccc2c(=O)[nH]1)C(=O)O. The molecule has 1 aromatic heterocycles. The normalized spacial score (nSPS) is 12.6. The van der Waals surface area contributed by atoms with Crippen molar-refractivity contribution in [1.29, 1.82) is 0 Å². The molecule has 2 aromatic rings. The van der Waals surface area contributed by atoms with E-state index in [1.54, 1.807) is 6.07 Å². The number of hydrogen-bond donors (Lipinski definition) is 3. The van der Waals surface area contributed by atoms with E-state index in [0.29, 0.717) is 11.2 Å². The number of hydrogen-bond acceptors (Lipinski definition) is 3. The largest absolute Gasteiger partial charge is 0.481 e. The highest BCUT2D eigenvalue weighted by Crippen LogP contribution is 2.15. The lowest BCUT2D eigenvalue weighted by Crippen LogP contribution is -2.28. The molecule has 1 unspecified atom stereocenters. The topological polar surface area (TPSA) is 82.2 Å². The Morgan fingerprint density at radius 2 is 2.05 bits per heavy atom. The van der Waals surface area contributed by atoms with Gasteiger partial charge in [-0.1, -0.05) is 32.0 Å². The van der Waals surface area contributed by atoms with Gasteiger partial charge in [-0.2, -0.15) is 0 Å². The Hall–Kier alpha value is -2.30. The van der Waals surface area contributed by atoms with E-state index in [2.05, 4.69) is 10.3 Å². The van der Waals surface area contributed by atoms with Crippen LogP contribution in [0.5, 0.6) is 0 Å². The van der Waals surface area contributed by atoms with Crippen molar-refractivity contribution < 1.29 is 9.90 Å². The minimum Gasteiger partial charge on any atom is -0.481 e. The Kier molecular flexibility index (Phi) is 4.08. The number of aromatic nitrogens is 1. The van der Waals surface area contributed by atoms with E-state index in [1.165, 1.54) is 0 Å². The van der Waals surface area contributed by atoms with Gasteiger partial charge in [0.2, 0.25) is 0 Å². The number of carboxylic acids is 1. The molecule has 1 atom stereocenters. The number of benzene rings is 1. The lowest BCUT2D eigenvalue weighted by atomic mass is 9.96. The molecule has 1 aromatic carbocycles. The Labute approximate surface area is 116 Å². The van der Waals surface area contributed by atoms with Crippen LogP contribution in [-0.4, -0.2) is 22.6 Å². The molecule has 0 radical (unpaired) electrons. The molecule has 0 saturated carbocycles. The van der Waals surface area contributed by atoms with Crippen LogP contribution in [0.4, 0.5) is 5.82 Å². The summed E-state index contributed by atoms with van der Waals surface area (Å²) in [5, 5.41) is 13.6. The molecule has 106 valence electrons. The van der Waals surface area contributed by atoms with Crippen LogP contribution in [0.3, 0.4) is 0 Å². The average Bonchev–Trinajstić information content (AvgIpc) is 2.38. The van der Waals surface area contributed by atoms with E-state index in [1.807, 2.05) is 38.1 Å². The van der Waals surface area contributed by atoms with Crippen LogP contribution < -0.4 is 10.9 Å². The zero-order chi connectivity index (χ0) is 14.7. The van der Waals surface area contributed by atoms with Gasteiger partial charge in [0.15, 0.2) is 0 Å². The van der Waals surface area contributed by atoms with Gasteiger partial charge >= 0.3 is 5.97 Å². The molecule has 5 nitrogen and oxygen atoms in total. The second-order valence-electron chi connectivity index (χ2n) is 5.17. The number of pyridine rings is 1. The fraction of sp³-hybridized carbons (Fsp3) is 0.333. The van der Waals surface area contributed by atoms with Gasteiger partial charge in [0.25, 0.3) is 5.56 Å². The molecule has 0 spiro atoms. The molecule has 2 rings (SSSR count). The minimum atomic E-state index is -0.837. The molecule has 0 bridgehead atoms. The van der Waals surface area contributed by atoms with Crippen molar-refractivity contribution in [2.24, 2.45) is 11.8 Å². The van der Waals surface area contributed by atoms with Gasteiger partial charge in [0, 0.05) is 11.9 Å². The molecule has 20 heavy (non-hydrogen) atoms. The third-order valence-corrected chi connectivity index (χ3v) is 3.39. The Bertz CT molecular complexity index is 676. The number of aromatic amines is 1. The van der Waals surface area contributed by atoms with Crippen LogP contribution in [0.15, 0.2) is 35.1 Å². The number of fused-ring (bicyclic) bond motifs is 1. The number of nitrogens with one attached hydrogen (secondary N) is 2. The first-order valence-corrected chi connectivity index (χ1v) is 6.58. The second-order valence-corrected chi connectivity index (χ2v) is 5.17. The summed E-state index contributed by atoms with van der Waals surface area (Å²) in [6, 6.07) is 9.10. The molecule has 3 N–H and O–H groups in total. The van der Waals surface area contributed by atoms with Gasteiger partial charge in [-0.15, -0.1) is 0 Å². The highest BCUT2D eigenvalue weighted by molar-refractivity contribution is 5.83. The predicted molar refractivity (Wildman–Crippen MR) is 79.0 cm³/mol. The smallest absolute Gasteiger partial charge is 0.308 e. The third kappa shape index (κ3) is 2.99. The van der Waals surface area contributed by atoms with E-state index >= 15 is 0 Å². The fourth-order valence-electron chi connectivity index (χ4n) is 2.13. The van der Waals surface area contributed by atoms with Crippen molar-refractivity contribution in [2.45, 2.75) is 13.8 Å². The van der Waals surface area contributed by atoms with Gasteiger partial charge in [0.05, 0.1) is 5.92 Å². The molecule has 0 saturated heterocycles. The van der Waals surface area contributed by atoms with Crippen LogP contribution in [0.1, 0.15) is 13.8 Å². The number of anilines is 1. The average molecular weight is 274 g/mol. The number of H-pyrrole nitrogens is 1. The van der Waals surface area contributed by atoms with Crippen molar-refractivity contribution in [2.75, 3.05) is 11.9 Å². The van der Waals surface area contributed by atoms with Gasteiger partial charge in [0.1, 0.15) is 5.82 Å². The van der Waals surface area contributed by atoms with Crippen LogP contribution in [0.25, 0.3) is 10.8 Å². The lowest BCUT2D eigenvalue weighted by Gasteiger charge is -2.17. The Morgan fingerprint density at radius 3 is 2.70 bits per heavy atom. The van der Waals surface area contributed by atoms with Gasteiger partial charge in [-0.05, 0) is 23.4 Å². The minimum absolute atomic E-state index is 0.0205. The Morgan fingerprint density at radius 1 is 1.35 bits per heavy atom. The summed E-state index contributed by atoms with van der Waals surface area (Å²) in [5.74, 6) is -0.770. The van der Waals surface area contributed by atoms with Crippen molar-refractivity contribution in [1.82, 2.24) is 4.98 Å². The molecule has 0 aliphatic rings. The van der Waals surface area contributed by atoms with Crippen molar-refractivity contribution in [3.63, 3.8) is 0 Å². The fourth-order valence-corrected chi connectivity index (χ4v) is 2.13. The maximum absolute atomic E-state index is 11.9. The first-order chi connectivity index (χ1) is 9.49. The first kappa shape index (κ1) is 14.1. The van der Waals surface area contributed by atoms with Crippen molar-refractivity contribution in [3.8, 4) is 0 Å². The standard InChI is InChI=1S/C15H18N2O3/c1-9(2)12(15(19)20)8-16-13-7-10-5-3-4-6-11(10)14(18)17-13/h3-7,9,12H,8H2,1-2H3,(H,19,20)(H2,16,17,18). The number of rotatable bonds is 5. The Balaban J connectivity index is 2.22. The van der Waals surface area contributed by atoms with Crippen LogP contribution in [-0.2, 0) is 4.79 Å². The van der Waals surface area contributed by atoms with E-state index in [4.69, 9.17) is 5.11 Å². The summed E-state index contributed by atoms with van der Waals surface area (Å²) in [7, 11) is 0. The summed E-state index contributed by atoms with van der Waals surface area (Å²) in [6.07, 6.45) is 0. The van der Waals surface area contributed by atoms with Crippen LogP contribution in [0, 0.1) is 11.8 Å². The van der Waals surface area contributed by atoms with E-state index in [-0.39, 0.29) is 18.0 Å². The summed E-state index contributed by atoms with van der Waals surface area (Å²) >= 11 is 0. The van der Waals surface area contributed by atoms with Crippen LogP contribution >= 0.6 is 0 Å². The second kappa shape index (κ2) is 5.77. The molecule has 0 amide bonds. The van der Waals surface area contributed by atoms with Gasteiger partial charge < -0.3 is 15.4 Å². The first-order valence-electron chi connectivity index (χ1n) is 6.58. The highest BCUT2D eigenvalue weighted by atomic mass is 16.4. The van der Waals surface area contributed by atoms with Crippen LogP contribution in [0.2, 0.25) is 0 Å². The molecule has 0 fully saturated rings. The summed E-state index contributed by atoms with van der Waals surface area (Å²) in [6.45, 7) is 4.01. The quantitative estimate of drug-likeness (QED) is 0.781. The van der Waals surface area contributed by atoms with E-state index in [0.717, 1.165) is 5.39 Å². The van der Waals surface area contributed by atoms with E-state index in [9.17, 15) is 9.59 Å². The van der Waals surface area contributed by atoms with Crippen molar-refractivity contribution >= 4 is 22.6 Å². The number of carbonyl (C=O) groups is 1. The predicted octanol–water partition coefficient (Wildman–Crippen LogP) is 2.30. The lowest BCUT2D eigenvalue weighted by molar-refractivity contribution is -0.142. The molecule has 0 aliphatic heterocycles. The monoisotopic (exact) mass is 274 g/mol. The van der Waals surface area contributed by atoms with Crippen molar-refractivity contribution in [3.05, 3.63) is 40.7 Å². The number of carboxylic acid groups (broad SMARTS) is 1. The zero-order valence-electron chi connectivity index (χ0n) is 11.5. The summed E-state index contributed by atoms with van der Waals surface area (Å²) in [5.41, 5.74) is -0.179. The maximum Gasteiger partial charge on any atom is 0.308 e. The highest BCUT2D eigenvalue weighted by Gasteiger charge is 2.21. The van der Waals surface area contributed by atoms with E-state index < -0.39 is 11.9 Å². The van der Waals surface area contributed by atoms with Gasteiger partial charge in [-0.3, -0.25) is 9.59 Å². The number of aliphatic carboxylic acids is 1. The molecule has 1 heterocycles. The maximum atomic E-state index is 11.9. The third-order valence-electron chi connectivity index (χ3n) is 3.39.